The van der Waals surface area contributed by atoms with Gasteiger partial charge in [-0.3, -0.25) is 4.79 Å². The maximum atomic E-state index is 13.6. The largest absolute Gasteiger partial charge is 0.416 e. The van der Waals surface area contributed by atoms with E-state index in [0.717, 1.165) is 12.1 Å². The summed E-state index contributed by atoms with van der Waals surface area (Å²) in [5.41, 5.74) is 0.563. The summed E-state index contributed by atoms with van der Waals surface area (Å²) in [7, 11) is 0. The van der Waals surface area contributed by atoms with Crippen molar-refractivity contribution in [2.45, 2.75) is 20.0 Å². The van der Waals surface area contributed by atoms with Gasteiger partial charge in [-0.1, -0.05) is 6.07 Å². The minimum absolute atomic E-state index is 0.00938. The Bertz CT molecular complexity index is 1050. The maximum Gasteiger partial charge on any atom is 0.416 e. The molecule has 1 amide bonds. The van der Waals surface area contributed by atoms with Crippen molar-refractivity contribution >= 4 is 34.3 Å². The van der Waals surface area contributed by atoms with Crippen LogP contribution >= 0.6 is 0 Å². The summed E-state index contributed by atoms with van der Waals surface area (Å²) in [6.07, 6.45) is -4.66. The fraction of sp³-hybridized carbons (Fsp3) is 0.167. The molecule has 2 N–H and O–H groups in total. The summed E-state index contributed by atoms with van der Waals surface area (Å²) in [5.74, 6) is -1.16. The van der Waals surface area contributed by atoms with Crippen molar-refractivity contribution in [1.82, 2.24) is 9.97 Å². The second kappa shape index (κ2) is 6.82. The topological polar surface area (TPSA) is 70.1 Å². The molecule has 0 radical (unpaired) electrons. The number of aromatic amines is 1. The van der Waals surface area contributed by atoms with Crippen LogP contribution in [0.3, 0.4) is 0 Å². The molecule has 2 aromatic carbocycles. The number of halogens is 4. The van der Waals surface area contributed by atoms with E-state index >= 15 is 0 Å². The SMILES string of the molecule is CC(=O)Nc1cccc2[nH]c(N=C(C)c3cc(F)cc(C(F)(F)F)c3)nc12. The number of carbonyl (C=O) groups is 1. The number of benzene rings is 2. The number of imidazole rings is 1. The number of carbonyl (C=O) groups excluding carboxylic acids is 1. The van der Waals surface area contributed by atoms with Crippen LogP contribution in [0.2, 0.25) is 0 Å². The number of hydrogen-bond donors (Lipinski definition) is 2. The molecule has 0 fully saturated rings. The monoisotopic (exact) mass is 378 g/mol. The Morgan fingerprint density at radius 1 is 1.19 bits per heavy atom. The molecule has 5 nitrogen and oxygen atoms in total. The molecule has 3 aromatic rings. The summed E-state index contributed by atoms with van der Waals surface area (Å²) in [6.45, 7) is 2.81. The highest BCUT2D eigenvalue weighted by Crippen LogP contribution is 2.31. The standard InChI is InChI=1S/C18H14F4N4O/c1-9(11-6-12(18(20,21)22)8-13(19)7-11)23-17-25-15-5-3-4-14(16(15)26-17)24-10(2)27/h3-8H,1-2H3,(H,24,27)(H,25,26). The highest BCUT2D eigenvalue weighted by molar-refractivity contribution is 6.01. The third-order valence-electron chi connectivity index (χ3n) is 3.73. The van der Waals surface area contributed by atoms with E-state index in [1.807, 2.05) is 0 Å². The van der Waals surface area contributed by atoms with E-state index in [9.17, 15) is 22.4 Å². The van der Waals surface area contributed by atoms with Gasteiger partial charge in [0.1, 0.15) is 11.3 Å². The number of para-hydroxylation sites is 1. The number of nitrogens with one attached hydrogen (secondary N) is 2. The van der Waals surface area contributed by atoms with E-state index in [2.05, 4.69) is 20.3 Å². The van der Waals surface area contributed by atoms with Gasteiger partial charge in [-0.05, 0) is 42.8 Å². The summed E-state index contributed by atoms with van der Waals surface area (Å²) in [6, 6.07) is 7.30. The van der Waals surface area contributed by atoms with Gasteiger partial charge in [0, 0.05) is 12.6 Å². The van der Waals surface area contributed by atoms with Crippen molar-refractivity contribution in [3.8, 4) is 0 Å². The highest BCUT2D eigenvalue weighted by Gasteiger charge is 2.31. The van der Waals surface area contributed by atoms with Crippen LogP contribution in [0.15, 0.2) is 41.4 Å². The van der Waals surface area contributed by atoms with Crippen molar-refractivity contribution in [3.63, 3.8) is 0 Å². The number of alkyl halides is 3. The number of aromatic nitrogens is 2. The lowest BCUT2D eigenvalue weighted by Gasteiger charge is -2.09. The Hall–Kier alpha value is -3.23. The van der Waals surface area contributed by atoms with Crippen molar-refractivity contribution < 1.29 is 22.4 Å². The lowest BCUT2D eigenvalue weighted by molar-refractivity contribution is -0.137. The molecule has 3 rings (SSSR count). The molecule has 0 saturated carbocycles. The van der Waals surface area contributed by atoms with E-state index < -0.39 is 17.6 Å². The van der Waals surface area contributed by atoms with Gasteiger partial charge in [0.15, 0.2) is 0 Å². The summed E-state index contributed by atoms with van der Waals surface area (Å²) < 4.78 is 52.2. The number of anilines is 1. The van der Waals surface area contributed by atoms with Crippen LogP contribution in [-0.2, 0) is 11.0 Å². The van der Waals surface area contributed by atoms with Crippen molar-refractivity contribution in [2.75, 3.05) is 5.32 Å². The molecule has 0 saturated heterocycles. The summed E-state index contributed by atoms with van der Waals surface area (Å²) in [4.78, 5) is 22.6. The van der Waals surface area contributed by atoms with Crippen LogP contribution in [0.5, 0.6) is 0 Å². The van der Waals surface area contributed by atoms with E-state index in [1.54, 1.807) is 18.2 Å². The van der Waals surface area contributed by atoms with E-state index in [0.29, 0.717) is 22.8 Å². The number of H-pyrrole nitrogens is 1. The van der Waals surface area contributed by atoms with Gasteiger partial charge < -0.3 is 10.3 Å². The maximum absolute atomic E-state index is 13.6. The Kier molecular flexibility index (Phi) is 4.69. The molecule has 0 aliphatic rings. The molecular formula is C18H14F4N4O. The molecule has 140 valence electrons. The van der Waals surface area contributed by atoms with E-state index in [4.69, 9.17) is 0 Å². The van der Waals surface area contributed by atoms with E-state index in [1.165, 1.54) is 13.8 Å². The molecule has 27 heavy (non-hydrogen) atoms. The van der Waals surface area contributed by atoms with Crippen LogP contribution in [0.1, 0.15) is 25.0 Å². The average molecular weight is 378 g/mol. The third kappa shape index (κ3) is 4.13. The first-order valence-electron chi connectivity index (χ1n) is 7.83. The first-order valence-corrected chi connectivity index (χ1v) is 7.83. The lowest BCUT2D eigenvalue weighted by Crippen LogP contribution is -2.08. The zero-order valence-electron chi connectivity index (χ0n) is 14.3. The molecule has 9 heteroatoms. The first-order chi connectivity index (χ1) is 12.6. The van der Waals surface area contributed by atoms with Gasteiger partial charge in [0.2, 0.25) is 11.9 Å². The predicted molar refractivity (Wildman–Crippen MR) is 93.7 cm³/mol. The Balaban J connectivity index is 2.02. The highest BCUT2D eigenvalue weighted by atomic mass is 19.4. The number of rotatable bonds is 3. The molecule has 0 unspecified atom stereocenters. The quantitative estimate of drug-likeness (QED) is 0.507. The molecule has 0 aliphatic heterocycles. The third-order valence-corrected chi connectivity index (χ3v) is 3.73. The second-order valence-electron chi connectivity index (χ2n) is 5.87. The number of nitrogens with zero attached hydrogens (tertiary/aromatic N) is 2. The zero-order valence-corrected chi connectivity index (χ0v) is 14.3. The van der Waals surface area contributed by atoms with Crippen LogP contribution in [0, 0.1) is 5.82 Å². The summed E-state index contributed by atoms with van der Waals surface area (Å²) >= 11 is 0. The molecule has 0 aliphatic carbocycles. The average Bonchev–Trinajstić information content (AvgIpc) is 2.96. The smallest absolute Gasteiger partial charge is 0.324 e. The summed E-state index contributed by atoms with van der Waals surface area (Å²) in [5, 5.41) is 2.63. The van der Waals surface area contributed by atoms with Gasteiger partial charge in [-0.2, -0.15) is 13.2 Å². The minimum Gasteiger partial charge on any atom is -0.324 e. The fourth-order valence-corrected chi connectivity index (χ4v) is 2.55. The van der Waals surface area contributed by atoms with Crippen LogP contribution in [0.4, 0.5) is 29.2 Å². The van der Waals surface area contributed by atoms with Crippen molar-refractivity contribution in [1.29, 1.82) is 0 Å². The van der Waals surface area contributed by atoms with Crippen LogP contribution in [-0.4, -0.2) is 21.6 Å². The van der Waals surface area contributed by atoms with Gasteiger partial charge in [-0.25, -0.2) is 14.4 Å². The number of fused-ring (bicyclic) bond motifs is 1. The number of hydrogen-bond acceptors (Lipinski definition) is 3. The van der Waals surface area contributed by atoms with Crippen LogP contribution in [0.25, 0.3) is 11.0 Å². The zero-order chi connectivity index (χ0) is 19.8. The molecule has 0 spiro atoms. The predicted octanol–water partition coefficient (Wildman–Crippen LogP) is 4.82. The molecule has 1 heterocycles. The van der Waals surface area contributed by atoms with Crippen molar-refractivity contribution in [2.24, 2.45) is 4.99 Å². The number of amides is 1. The molecular weight excluding hydrogens is 364 g/mol. The Labute approximate surface area is 151 Å². The van der Waals surface area contributed by atoms with Gasteiger partial charge in [-0.15, -0.1) is 0 Å². The Morgan fingerprint density at radius 2 is 1.93 bits per heavy atom. The Morgan fingerprint density at radius 3 is 2.59 bits per heavy atom. The van der Waals surface area contributed by atoms with Gasteiger partial charge in [0.05, 0.1) is 16.8 Å². The molecule has 0 atom stereocenters. The molecule has 1 aromatic heterocycles. The number of aliphatic imine (C=N–C) groups is 1. The van der Waals surface area contributed by atoms with E-state index in [-0.39, 0.29) is 23.1 Å². The molecule has 0 bridgehead atoms. The first kappa shape index (κ1) is 18.6. The van der Waals surface area contributed by atoms with Crippen LogP contribution < -0.4 is 5.32 Å². The van der Waals surface area contributed by atoms with Gasteiger partial charge in [0.25, 0.3) is 0 Å². The normalized spacial score (nSPS) is 12.4. The fourth-order valence-electron chi connectivity index (χ4n) is 2.55. The minimum atomic E-state index is -4.66. The van der Waals surface area contributed by atoms with Crippen molar-refractivity contribution in [3.05, 3.63) is 53.3 Å². The van der Waals surface area contributed by atoms with Gasteiger partial charge >= 0.3 is 6.18 Å². The lowest BCUT2D eigenvalue weighted by atomic mass is 10.1. The second-order valence-corrected chi connectivity index (χ2v) is 5.87.